The summed E-state index contributed by atoms with van der Waals surface area (Å²) in [7, 11) is -3.25. The zero-order valence-electron chi connectivity index (χ0n) is 11.9. The number of carboxylic acid groups (broad SMARTS) is 1. The Balaban J connectivity index is 1.85. The minimum atomic E-state index is -3.25. The molecule has 1 N–H and O–H groups in total. The molecule has 6 heteroatoms. The molecule has 116 valence electrons. The van der Waals surface area contributed by atoms with Crippen molar-refractivity contribution in [1.29, 1.82) is 0 Å². The highest BCUT2D eigenvalue weighted by molar-refractivity contribution is 7.89. The smallest absolute Gasteiger partial charge is 0.303 e. The van der Waals surface area contributed by atoms with Gasteiger partial charge >= 0.3 is 5.97 Å². The van der Waals surface area contributed by atoms with E-state index in [1.807, 2.05) is 30.3 Å². The quantitative estimate of drug-likeness (QED) is 0.868. The van der Waals surface area contributed by atoms with Crippen LogP contribution < -0.4 is 0 Å². The molecule has 0 unspecified atom stereocenters. The molecule has 0 aromatic heterocycles. The first-order valence-corrected chi connectivity index (χ1v) is 8.82. The van der Waals surface area contributed by atoms with Crippen molar-refractivity contribution in [1.82, 2.24) is 4.31 Å². The fourth-order valence-corrected chi connectivity index (χ4v) is 4.18. The monoisotopic (exact) mass is 311 g/mol. The predicted molar refractivity (Wildman–Crippen MR) is 80.5 cm³/mol. The molecule has 0 aliphatic carbocycles. The van der Waals surface area contributed by atoms with Gasteiger partial charge in [0.2, 0.25) is 10.0 Å². The van der Waals surface area contributed by atoms with E-state index >= 15 is 0 Å². The molecule has 1 aromatic carbocycles. The number of hydrogen-bond donors (Lipinski definition) is 1. The van der Waals surface area contributed by atoms with Gasteiger partial charge in [0, 0.05) is 19.5 Å². The average molecular weight is 311 g/mol. The van der Waals surface area contributed by atoms with E-state index in [0.717, 1.165) is 5.56 Å². The second-order valence-corrected chi connectivity index (χ2v) is 7.58. The molecule has 1 heterocycles. The average Bonchev–Trinajstić information content (AvgIpc) is 2.46. The number of rotatable bonds is 6. The van der Waals surface area contributed by atoms with E-state index in [4.69, 9.17) is 5.11 Å². The largest absolute Gasteiger partial charge is 0.481 e. The van der Waals surface area contributed by atoms with Crippen LogP contribution in [-0.2, 0) is 21.2 Å². The van der Waals surface area contributed by atoms with Crippen LogP contribution in [-0.4, -0.2) is 42.6 Å². The standard InChI is InChI=1S/C15H21NO4S/c17-15(18)12-14-6-9-16(10-7-14)21(19,20)11-8-13-4-2-1-3-5-13/h1-5,14H,6-12H2,(H,17,18). The molecule has 1 aliphatic rings. The van der Waals surface area contributed by atoms with Crippen molar-refractivity contribution in [2.75, 3.05) is 18.8 Å². The lowest BCUT2D eigenvalue weighted by Crippen LogP contribution is -2.40. The van der Waals surface area contributed by atoms with Crippen molar-refractivity contribution in [2.24, 2.45) is 5.92 Å². The van der Waals surface area contributed by atoms with Gasteiger partial charge in [-0.05, 0) is 30.7 Å². The topological polar surface area (TPSA) is 74.7 Å². The zero-order chi connectivity index (χ0) is 15.3. The number of carboxylic acids is 1. The lowest BCUT2D eigenvalue weighted by atomic mass is 9.95. The summed E-state index contributed by atoms with van der Waals surface area (Å²) in [6.45, 7) is 0.879. The molecule has 1 saturated heterocycles. The second kappa shape index (κ2) is 7.04. The molecule has 1 fully saturated rings. The predicted octanol–water partition coefficient (Wildman–Crippen LogP) is 1.75. The van der Waals surface area contributed by atoms with Gasteiger partial charge in [0.1, 0.15) is 0 Å². The summed E-state index contributed by atoms with van der Waals surface area (Å²) >= 11 is 0. The molecule has 0 radical (unpaired) electrons. The number of piperidine rings is 1. The Labute approximate surface area is 125 Å². The Morgan fingerprint density at radius 2 is 1.81 bits per heavy atom. The van der Waals surface area contributed by atoms with Crippen LogP contribution in [0.5, 0.6) is 0 Å². The first-order valence-electron chi connectivity index (χ1n) is 7.21. The van der Waals surface area contributed by atoms with Gasteiger partial charge in [0.15, 0.2) is 0 Å². The van der Waals surface area contributed by atoms with Crippen LogP contribution in [0, 0.1) is 5.92 Å². The van der Waals surface area contributed by atoms with Gasteiger partial charge in [-0.15, -0.1) is 0 Å². The first-order chi connectivity index (χ1) is 9.97. The van der Waals surface area contributed by atoms with Gasteiger partial charge in [-0.3, -0.25) is 4.79 Å². The fraction of sp³-hybridized carbons (Fsp3) is 0.533. The molecule has 5 nitrogen and oxygen atoms in total. The number of carbonyl (C=O) groups is 1. The summed E-state index contributed by atoms with van der Waals surface area (Å²) in [5, 5.41) is 8.77. The Bertz CT molecular complexity index is 563. The number of benzene rings is 1. The maximum atomic E-state index is 12.3. The maximum absolute atomic E-state index is 12.3. The SMILES string of the molecule is O=C(O)CC1CCN(S(=O)(=O)CCc2ccccc2)CC1. The van der Waals surface area contributed by atoms with Gasteiger partial charge in [0.25, 0.3) is 0 Å². The lowest BCUT2D eigenvalue weighted by molar-refractivity contribution is -0.138. The third-order valence-corrected chi connectivity index (χ3v) is 5.79. The molecule has 0 bridgehead atoms. The number of aliphatic carboxylic acids is 1. The van der Waals surface area contributed by atoms with Gasteiger partial charge in [0.05, 0.1) is 5.75 Å². The molecule has 0 atom stereocenters. The Kier molecular flexibility index (Phi) is 5.36. The molecule has 2 rings (SSSR count). The van der Waals surface area contributed by atoms with E-state index in [-0.39, 0.29) is 18.1 Å². The van der Waals surface area contributed by atoms with E-state index < -0.39 is 16.0 Å². The van der Waals surface area contributed by atoms with Crippen molar-refractivity contribution < 1.29 is 18.3 Å². The molecule has 1 aromatic rings. The van der Waals surface area contributed by atoms with Gasteiger partial charge < -0.3 is 5.11 Å². The fourth-order valence-electron chi connectivity index (χ4n) is 2.66. The molecule has 0 saturated carbocycles. The summed E-state index contributed by atoms with van der Waals surface area (Å²) in [6, 6.07) is 9.56. The van der Waals surface area contributed by atoms with Crippen molar-refractivity contribution in [3.8, 4) is 0 Å². The van der Waals surface area contributed by atoms with E-state index in [2.05, 4.69) is 0 Å². The summed E-state index contributed by atoms with van der Waals surface area (Å²) in [5.41, 5.74) is 1.02. The highest BCUT2D eigenvalue weighted by Crippen LogP contribution is 2.22. The van der Waals surface area contributed by atoms with Crippen LogP contribution in [0.4, 0.5) is 0 Å². The second-order valence-electron chi connectivity index (χ2n) is 5.49. The number of sulfonamides is 1. The van der Waals surface area contributed by atoms with Crippen molar-refractivity contribution in [3.63, 3.8) is 0 Å². The minimum absolute atomic E-state index is 0.100. The first kappa shape index (κ1) is 16.0. The molecule has 0 amide bonds. The Morgan fingerprint density at radius 3 is 2.38 bits per heavy atom. The van der Waals surface area contributed by atoms with Crippen LogP contribution in [0.3, 0.4) is 0 Å². The number of aryl methyl sites for hydroxylation is 1. The van der Waals surface area contributed by atoms with Crippen LogP contribution in [0.1, 0.15) is 24.8 Å². The number of nitrogens with zero attached hydrogens (tertiary/aromatic N) is 1. The molecule has 21 heavy (non-hydrogen) atoms. The summed E-state index contributed by atoms with van der Waals surface area (Å²) < 4.78 is 26.1. The molecular formula is C15H21NO4S. The molecular weight excluding hydrogens is 290 g/mol. The van der Waals surface area contributed by atoms with Crippen molar-refractivity contribution in [2.45, 2.75) is 25.7 Å². The van der Waals surface area contributed by atoms with Crippen molar-refractivity contribution in [3.05, 3.63) is 35.9 Å². The van der Waals surface area contributed by atoms with E-state index in [1.165, 1.54) is 4.31 Å². The zero-order valence-corrected chi connectivity index (χ0v) is 12.8. The molecule has 1 aliphatic heterocycles. The van der Waals surface area contributed by atoms with Crippen LogP contribution in [0.15, 0.2) is 30.3 Å². The normalized spacial score (nSPS) is 17.7. The van der Waals surface area contributed by atoms with E-state index in [1.54, 1.807) is 0 Å². The minimum Gasteiger partial charge on any atom is -0.481 e. The maximum Gasteiger partial charge on any atom is 0.303 e. The van der Waals surface area contributed by atoms with Crippen LogP contribution >= 0.6 is 0 Å². The number of hydrogen-bond acceptors (Lipinski definition) is 3. The van der Waals surface area contributed by atoms with Crippen LogP contribution in [0.25, 0.3) is 0 Å². The van der Waals surface area contributed by atoms with Crippen LogP contribution in [0.2, 0.25) is 0 Å². The van der Waals surface area contributed by atoms with Gasteiger partial charge in [-0.1, -0.05) is 30.3 Å². The summed E-state index contributed by atoms with van der Waals surface area (Å²) in [5.74, 6) is -0.593. The lowest BCUT2D eigenvalue weighted by Gasteiger charge is -2.30. The third kappa shape index (κ3) is 4.82. The van der Waals surface area contributed by atoms with E-state index in [0.29, 0.717) is 32.4 Å². The Morgan fingerprint density at radius 1 is 1.19 bits per heavy atom. The van der Waals surface area contributed by atoms with Crippen molar-refractivity contribution >= 4 is 16.0 Å². The summed E-state index contributed by atoms with van der Waals surface area (Å²) in [6.07, 6.45) is 1.92. The highest BCUT2D eigenvalue weighted by Gasteiger charge is 2.28. The molecule has 0 spiro atoms. The van der Waals surface area contributed by atoms with Gasteiger partial charge in [-0.2, -0.15) is 0 Å². The Hall–Kier alpha value is -1.40. The van der Waals surface area contributed by atoms with Gasteiger partial charge in [-0.25, -0.2) is 12.7 Å². The third-order valence-electron chi connectivity index (χ3n) is 3.92. The summed E-state index contributed by atoms with van der Waals surface area (Å²) in [4.78, 5) is 10.7. The van der Waals surface area contributed by atoms with E-state index in [9.17, 15) is 13.2 Å². The highest BCUT2D eigenvalue weighted by atomic mass is 32.2.